The van der Waals surface area contributed by atoms with Gasteiger partial charge in [-0.2, -0.15) is 10.2 Å². The zero-order valence-corrected chi connectivity index (χ0v) is 12.1. The number of carbonyl (C=O) groups excluding carboxylic acids is 1. The van der Waals surface area contributed by atoms with Gasteiger partial charge in [-0.05, 0) is 19.4 Å². The number of hydrogen-bond acceptors (Lipinski definition) is 5. The number of anilines is 1. The van der Waals surface area contributed by atoms with Crippen molar-refractivity contribution in [1.29, 1.82) is 0 Å². The highest BCUT2D eigenvalue weighted by molar-refractivity contribution is 5.95. The number of ether oxygens (including phenoxy) is 1. The molecule has 0 fully saturated rings. The average molecular weight is 286 g/mol. The van der Waals surface area contributed by atoms with E-state index in [4.69, 9.17) is 4.74 Å². The van der Waals surface area contributed by atoms with Gasteiger partial charge in [0.2, 0.25) is 0 Å². The molecule has 21 heavy (non-hydrogen) atoms. The van der Waals surface area contributed by atoms with Gasteiger partial charge in [0.15, 0.2) is 5.82 Å². The Bertz CT molecular complexity index is 620. The van der Waals surface area contributed by atoms with E-state index in [1.54, 1.807) is 20.1 Å². The fraction of sp³-hybridized carbons (Fsp3) is 0.267. The number of esters is 1. The summed E-state index contributed by atoms with van der Waals surface area (Å²) >= 11 is 0. The smallest absolute Gasteiger partial charge is 0.343 e. The Morgan fingerprint density at radius 1 is 1.43 bits per heavy atom. The van der Waals surface area contributed by atoms with Crippen molar-refractivity contribution in [1.82, 2.24) is 10.2 Å². The summed E-state index contributed by atoms with van der Waals surface area (Å²) in [4.78, 5) is 11.8. The molecule has 2 rings (SSSR count). The molecular weight excluding hydrogens is 268 g/mol. The molecule has 0 aliphatic heterocycles. The van der Waals surface area contributed by atoms with Gasteiger partial charge < -0.3 is 4.74 Å². The van der Waals surface area contributed by atoms with Crippen LogP contribution in [0.4, 0.5) is 5.82 Å². The minimum absolute atomic E-state index is 0.320. The molecule has 2 N–H and O–H groups in total. The lowest BCUT2D eigenvalue weighted by Gasteiger charge is -2.02. The maximum absolute atomic E-state index is 11.8. The molecule has 1 aromatic carbocycles. The monoisotopic (exact) mass is 286 g/mol. The van der Waals surface area contributed by atoms with Gasteiger partial charge in [0.25, 0.3) is 0 Å². The van der Waals surface area contributed by atoms with Crippen molar-refractivity contribution in [2.75, 3.05) is 12.0 Å². The molecule has 110 valence electrons. The Kier molecular flexibility index (Phi) is 5.09. The number of benzene rings is 1. The van der Waals surface area contributed by atoms with E-state index in [9.17, 15) is 4.79 Å². The maximum atomic E-state index is 11.8. The zero-order valence-electron chi connectivity index (χ0n) is 12.1. The van der Waals surface area contributed by atoms with Crippen LogP contribution in [0.15, 0.2) is 35.4 Å². The van der Waals surface area contributed by atoms with Crippen LogP contribution in [0.25, 0.3) is 0 Å². The SMILES string of the molecule is CCOC(=O)c1c(N/N=C/Cc2ccccc2)n[nH]c1C. The maximum Gasteiger partial charge on any atom is 0.343 e. The highest BCUT2D eigenvalue weighted by atomic mass is 16.5. The van der Waals surface area contributed by atoms with Crippen LogP contribution in [0.5, 0.6) is 0 Å². The average Bonchev–Trinajstić information content (AvgIpc) is 2.86. The van der Waals surface area contributed by atoms with E-state index >= 15 is 0 Å². The van der Waals surface area contributed by atoms with Crippen LogP contribution in [-0.2, 0) is 11.2 Å². The van der Waals surface area contributed by atoms with Crippen LogP contribution in [-0.4, -0.2) is 29.0 Å². The summed E-state index contributed by atoms with van der Waals surface area (Å²) in [5, 5.41) is 10.8. The van der Waals surface area contributed by atoms with Gasteiger partial charge in [0, 0.05) is 18.3 Å². The number of carbonyl (C=O) groups is 1. The first-order valence-corrected chi connectivity index (χ1v) is 6.76. The van der Waals surface area contributed by atoms with Gasteiger partial charge >= 0.3 is 5.97 Å². The van der Waals surface area contributed by atoms with Crippen molar-refractivity contribution in [2.24, 2.45) is 5.10 Å². The number of aromatic nitrogens is 2. The molecule has 1 aromatic heterocycles. The van der Waals surface area contributed by atoms with Crippen LogP contribution in [0, 0.1) is 6.92 Å². The molecule has 0 saturated heterocycles. The number of nitrogens with zero attached hydrogens (tertiary/aromatic N) is 2. The number of rotatable bonds is 6. The quantitative estimate of drug-likeness (QED) is 0.486. The highest BCUT2D eigenvalue weighted by Crippen LogP contribution is 2.17. The molecule has 2 aromatic rings. The minimum Gasteiger partial charge on any atom is -0.462 e. The fourth-order valence-electron chi connectivity index (χ4n) is 1.84. The summed E-state index contributed by atoms with van der Waals surface area (Å²) in [6.07, 6.45) is 2.43. The lowest BCUT2D eigenvalue weighted by atomic mass is 10.2. The van der Waals surface area contributed by atoms with Crippen LogP contribution in [0.2, 0.25) is 0 Å². The Labute approximate surface area is 123 Å². The van der Waals surface area contributed by atoms with Crippen molar-refractivity contribution in [3.63, 3.8) is 0 Å². The summed E-state index contributed by atoms with van der Waals surface area (Å²) in [5.74, 6) is -0.0419. The van der Waals surface area contributed by atoms with Gasteiger partial charge in [-0.15, -0.1) is 0 Å². The standard InChI is InChI=1S/C15H18N4O2/c1-3-21-15(20)13-11(2)17-19-14(13)18-16-10-9-12-7-5-4-6-8-12/h4-8,10H,3,9H2,1-2H3,(H2,17,18,19)/b16-10+. The third-order valence-electron chi connectivity index (χ3n) is 2.86. The van der Waals surface area contributed by atoms with Crippen molar-refractivity contribution < 1.29 is 9.53 Å². The van der Waals surface area contributed by atoms with Crippen LogP contribution < -0.4 is 5.43 Å². The van der Waals surface area contributed by atoms with E-state index in [2.05, 4.69) is 20.7 Å². The Balaban J connectivity index is 1.99. The van der Waals surface area contributed by atoms with E-state index in [0.29, 0.717) is 30.1 Å². The van der Waals surface area contributed by atoms with Crippen molar-refractivity contribution in [3.05, 3.63) is 47.2 Å². The van der Waals surface area contributed by atoms with E-state index < -0.39 is 5.97 Å². The van der Waals surface area contributed by atoms with Crippen LogP contribution in [0.3, 0.4) is 0 Å². The third-order valence-corrected chi connectivity index (χ3v) is 2.86. The lowest BCUT2D eigenvalue weighted by molar-refractivity contribution is 0.0526. The Morgan fingerprint density at radius 3 is 2.90 bits per heavy atom. The van der Waals surface area contributed by atoms with Crippen molar-refractivity contribution in [3.8, 4) is 0 Å². The number of H-pyrrole nitrogens is 1. The molecule has 0 amide bonds. The Morgan fingerprint density at radius 2 is 2.19 bits per heavy atom. The van der Waals surface area contributed by atoms with E-state index in [1.807, 2.05) is 30.3 Å². The summed E-state index contributed by atoms with van der Waals surface area (Å²) in [6.45, 7) is 3.84. The van der Waals surface area contributed by atoms with Crippen molar-refractivity contribution in [2.45, 2.75) is 20.3 Å². The normalized spacial score (nSPS) is 10.8. The van der Waals surface area contributed by atoms with Gasteiger partial charge in [0.05, 0.1) is 6.61 Å². The van der Waals surface area contributed by atoms with E-state index in [0.717, 1.165) is 5.56 Å². The molecule has 6 heteroatoms. The summed E-state index contributed by atoms with van der Waals surface area (Å²) in [5.41, 5.74) is 4.96. The molecule has 0 unspecified atom stereocenters. The number of aromatic amines is 1. The molecule has 0 aliphatic rings. The highest BCUT2D eigenvalue weighted by Gasteiger charge is 2.18. The summed E-state index contributed by atoms with van der Waals surface area (Å²) in [6, 6.07) is 9.97. The van der Waals surface area contributed by atoms with Gasteiger partial charge in [-0.25, -0.2) is 4.79 Å². The predicted molar refractivity (Wildman–Crippen MR) is 81.5 cm³/mol. The third kappa shape index (κ3) is 3.92. The van der Waals surface area contributed by atoms with E-state index in [1.165, 1.54) is 0 Å². The molecule has 6 nitrogen and oxygen atoms in total. The molecule has 0 bridgehead atoms. The molecule has 1 heterocycles. The van der Waals surface area contributed by atoms with Crippen LogP contribution >= 0.6 is 0 Å². The Hall–Kier alpha value is -2.63. The minimum atomic E-state index is -0.412. The molecule has 0 radical (unpaired) electrons. The second kappa shape index (κ2) is 7.23. The number of hydrazone groups is 1. The number of aryl methyl sites for hydroxylation is 1. The predicted octanol–water partition coefficient (Wildman–Crippen LogP) is 2.54. The second-order valence-corrected chi connectivity index (χ2v) is 4.41. The first kappa shape index (κ1) is 14.8. The number of hydrogen-bond donors (Lipinski definition) is 2. The van der Waals surface area contributed by atoms with Gasteiger partial charge in [0.1, 0.15) is 5.56 Å². The summed E-state index contributed by atoms with van der Waals surface area (Å²) in [7, 11) is 0. The summed E-state index contributed by atoms with van der Waals surface area (Å²) < 4.78 is 4.99. The zero-order chi connectivity index (χ0) is 15.1. The molecule has 0 aliphatic carbocycles. The first-order chi connectivity index (χ1) is 10.2. The number of nitrogens with one attached hydrogen (secondary N) is 2. The first-order valence-electron chi connectivity index (χ1n) is 6.76. The molecule has 0 spiro atoms. The lowest BCUT2D eigenvalue weighted by Crippen LogP contribution is -2.08. The van der Waals surface area contributed by atoms with E-state index in [-0.39, 0.29) is 0 Å². The topological polar surface area (TPSA) is 79.4 Å². The fourth-order valence-corrected chi connectivity index (χ4v) is 1.84. The largest absolute Gasteiger partial charge is 0.462 e. The second-order valence-electron chi connectivity index (χ2n) is 4.41. The molecule has 0 saturated carbocycles. The van der Waals surface area contributed by atoms with Crippen molar-refractivity contribution >= 4 is 18.0 Å². The van der Waals surface area contributed by atoms with Gasteiger partial charge in [-0.3, -0.25) is 10.5 Å². The molecule has 0 atom stereocenters. The molecular formula is C15H18N4O2. The van der Waals surface area contributed by atoms with Crippen LogP contribution in [0.1, 0.15) is 28.5 Å². The van der Waals surface area contributed by atoms with Gasteiger partial charge in [-0.1, -0.05) is 30.3 Å².